The van der Waals surface area contributed by atoms with Gasteiger partial charge in [0.2, 0.25) is 0 Å². The number of aryl methyl sites for hydroxylation is 11. The first-order valence-electron chi connectivity index (χ1n) is 37.5. The van der Waals surface area contributed by atoms with E-state index >= 15 is 9.59 Å². The largest absolute Gasteiger partial charge is 0.465 e. The number of rotatable bonds is 20. The van der Waals surface area contributed by atoms with Crippen LogP contribution in [-0.4, -0.2) is 84.2 Å². The molecule has 2 aliphatic rings. The number of benzene rings is 6. The molecule has 111 heavy (non-hydrogen) atoms. The minimum Gasteiger partial charge on any atom is -0.465 e. The molecule has 0 radical (unpaired) electrons. The lowest BCUT2D eigenvalue weighted by atomic mass is 9.84. The molecular formula is C93H92N14O4. The Balaban J connectivity index is 0.941. The zero-order valence-corrected chi connectivity index (χ0v) is 65.7. The average Bonchev–Trinajstić information content (AvgIpc) is 1.65. The number of hydrogen-bond donors (Lipinski definition) is 4. The van der Waals surface area contributed by atoms with E-state index in [4.69, 9.17) is 34.4 Å². The topological polar surface area (TPSA) is 204 Å². The number of aromatic amines is 2. The van der Waals surface area contributed by atoms with Gasteiger partial charge in [0.05, 0.1) is 76.0 Å². The van der Waals surface area contributed by atoms with Crippen LogP contribution in [0.1, 0.15) is 148 Å². The molecule has 7 aromatic heterocycles. The van der Waals surface area contributed by atoms with Crippen LogP contribution >= 0.6 is 0 Å². The van der Waals surface area contributed by atoms with Crippen LogP contribution in [0.15, 0.2) is 177 Å². The minimum atomic E-state index is -0.515. The highest BCUT2D eigenvalue weighted by Gasteiger charge is 2.29. The van der Waals surface area contributed by atoms with Gasteiger partial charge in [0.1, 0.15) is 11.6 Å². The van der Waals surface area contributed by atoms with E-state index in [1.807, 2.05) is 107 Å². The summed E-state index contributed by atoms with van der Waals surface area (Å²) in [5, 5.41) is 6.95. The molecule has 15 rings (SSSR count). The van der Waals surface area contributed by atoms with Crippen LogP contribution < -0.4 is 15.4 Å². The van der Waals surface area contributed by atoms with Gasteiger partial charge < -0.3 is 43.8 Å². The van der Waals surface area contributed by atoms with Crippen LogP contribution in [0.5, 0.6) is 5.75 Å². The Morgan fingerprint density at radius 3 is 1.50 bits per heavy atom. The fourth-order valence-electron chi connectivity index (χ4n) is 16.0. The first-order valence-corrected chi connectivity index (χ1v) is 37.5. The molecule has 0 fully saturated rings. The number of methoxy groups -OCH3 is 1. The van der Waals surface area contributed by atoms with Gasteiger partial charge in [-0.15, -0.1) is 0 Å². The Bertz CT molecular complexity index is 5950. The third-order valence-electron chi connectivity index (χ3n) is 20.9. The Morgan fingerprint density at radius 2 is 1.03 bits per heavy atom. The molecule has 18 nitrogen and oxygen atoms in total. The molecule has 0 unspecified atom stereocenters. The Morgan fingerprint density at radius 1 is 0.505 bits per heavy atom. The van der Waals surface area contributed by atoms with Gasteiger partial charge in [-0.2, -0.15) is 0 Å². The van der Waals surface area contributed by atoms with Crippen LogP contribution in [-0.2, 0) is 43.4 Å². The maximum absolute atomic E-state index is 15.8. The number of hydrogen-bond acceptors (Lipinski definition) is 11. The number of fused-ring (bicyclic) bond motifs is 8. The molecule has 2 aliphatic heterocycles. The summed E-state index contributed by atoms with van der Waals surface area (Å²) in [5.41, 5.74) is 29.8. The number of anilines is 2. The van der Waals surface area contributed by atoms with E-state index in [1.54, 1.807) is 38.4 Å². The van der Waals surface area contributed by atoms with E-state index in [2.05, 4.69) is 205 Å². The molecule has 0 saturated carbocycles. The molecule has 6 aromatic carbocycles. The van der Waals surface area contributed by atoms with Crippen molar-refractivity contribution in [1.29, 1.82) is 0 Å². The molecular weight excluding hydrogens is 1380 g/mol. The number of pyridine rings is 1. The van der Waals surface area contributed by atoms with Crippen LogP contribution in [0.25, 0.3) is 96.6 Å². The SMILES string of the molecule is COCOc1ccc(C)cc1-n1cnc(CN(Cc2ccc(C(=O)Nc3cc(C(C)(C)C)cc(NC(=O)c4cccc(Cn5ccnc5)c4)c3-c3c4nc(c(-c5c(C)cc(C)cc5C)c5ccc([nH]5)c(-c5c(C)cc(C)cc5C)c5nc(c(-c6c(C)cc(C)cc6C)c6ccc3[nH]6)C=C5)C=C4)cn2)Cc2nccn2C)c1. The summed E-state index contributed by atoms with van der Waals surface area (Å²) in [7, 11) is 3.58. The molecule has 18 heteroatoms. The van der Waals surface area contributed by atoms with Crippen molar-refractivity contribution in [2.24, 2.45) is 7.05 Å². The van der Waals surface area contributed by atoms with E-state index in [0.717, 1.165) is 145 Å². The lowest BCUT2D eigenvalue weighted by molar-refractivity contribution is 0.0510. The normalized spacial score (nSPS) is 12.0. The standard InChI is InChI=1S/C93H92N14O4/c1-54-19-30-81(111-53-110-15)80(41-54)107-49-69(97-52-107)48-106(50-82-95-32-33-104(82)14)47-68-21-20-66(45-96-68)92(109)103-79-44-67(93(11,12)13)43-78(102-91(108)65-18-16-17-64(42-65)46-105-34-31-94-51-105)90(79)89-76-28-26-74(100-76)87(84-60(7)37-56(3)38-61(84)8)72-24-22-70(98-72)86(83-58(5)35-55(2)36-59(83)6)71-23-25-73(99-71)88(75-27-29-77(89)101-75)85-62(9)39-57(4)40-63(85)10/h16-45,49,51-52,98,101H,46-48,50,53H2,1-15H3,(H,102,108)(H,103,109). The first kappa shape index (κ1) is 73.9. The van der Waals surface area contributed by atoms with Gasteiger partial charge >= 0.3 is 0 Å². The minimum absolute atomic E-state index is 0.105. The van der Waals surface area contributed by atoms with Crippen LogP contribution in [0.4, 0.5) is 11.4 Å². The molecule has 558 valence electrons. The summed E-state index contributed by atoms with van der Waals surface area (Å²) >= 11 is 0. The van der Waals surface area contributed by atoms with Crippen molar-refractivity contribution in [3.05, 3.63) is 295 Å². The van der Waals surface area contributed by atoms with Gasteiger partial charge in [0.15, 0.2) is 6.79 Å². The van der Waals surface area contributed by atoms with Crippen LogP contribution in [0.2, 0.25) is 0 Å². The number of ether oxygens (including phenoxy) is 2. The number of nitrogens with one attached hydrogen (secondary N) is 4. The molecule has 0 saturated heterocycles. The van der Waals surface area contributed by atoms with Crippen molar-refractivity contribution in [3.63, 3.8) is 0 Å². The summed E-state index contributed by atoms with van der Waals surface area (Å²) in [4.78, 5) is 72.2. The van der Waals surface area contributed by atoms with Gasteiger partial charge in [-0.05, 0) is 239 Å². The van der Waals surface area contributed by atoms with Crippen molar-refractivity contribution in [2.75, 3.05) is 24.5 Å². The van der Waals surface area contributed by atoms with Gasteiger partial charge in [-0.25, -0.2) is 24.9 Å². The third kappa shape index (κ3) is 15.3. The maximum atomic E-state index is 15.8. The van der Waals surface area contributed by atoms with Gasteiger partial charge in [0, 0.05) is 126 Å². The Kier molecular flexibility index (Phi) is 20.2. The highest BCUT2D eigenvalue weighted by Crippen LogP contribution is 2.47. The third-order valence-corrected chi connectivity index (χ3v) is 20.9. The number of carbonyl (C=O) groups excluding carboxylic acids is 2. The zero-order chi connectivity index (χ0) is 77.7. The van der Waals surface area contributed by atoms with Crippen molar-refractivity contribution < 1.29 is 19.1 Å². The molecule has 0 spiro atoms. The number of H-pyrrole nitrogens is 2. The second-order valence-corrected chi connectivity index (χ2v) is 30.8. The molecule has 0 atom stereocenters. The number of carbonyl (C=O) groups is 2. The smallest absolute Gasteiger partial charge is 0.257 e. The molecule has 4 N–H and O–H groups in total. The van der Waals surface area contributed by atoms with Crippen molar-refractivity contribution in [1.82, 2.24) is 58.5 Å². The highest BCUT2D eigenvalue weighted by atomic mass is 16.7. The summed E-state index contributed by atoms with van der Waals surface area (Å²) in [6.07, 6.45) is 23.0. The monoisotopic (exact) mass is 1470 g/mol. The summed E-state index contributed by atoms with van der Waals surface area (Å²) < 4.78 is 17.2. The van der Waals surface area contributed by atoms with Crippen LogP contribution in [0.3, 0.4) is 0 Å². The second-order valence-electron chi connectivity index (χ2n) is 30.8. The first-order chi connectivity index (χ1) is 53.4. The number of imidazole rings is 3. The highest BCUT2D eigenvalue weighted by molar-refractivity contribution is 6.14. The second kappa shape index (κ2) is 30.4. The van der Waals surface area contributed by atoms with Crippen LogP contribution in [0, 0.1) is 69.2 Å². The molecule has 8 bridgehead atoms. The van der Waals surface area contributed by atoms with Gasteiger partial charge in [-0.3, -0.25) is 19.5 Å². The molecule has 2 amide bonds. The molecule has 13 aromatic rings. The summed E-state index contributed by atoms with van der Waals surface area (Å²) in [6.45, 7) is 29.8. The number of amides is 2. The number of nitrogens with zero attached hydrogens (tertiary/aromatic N) is 10. The quantitative estimate of drug-likeness (QED) is 0.0529. The molecule has 9 heterocycles. The average molecular weight is 1470 g/mol. The lowest BCUT2D eigenvalue weighted by Gasteiger charge is -2.25. The summed E-state index contributed by atoms with van der Waals surface area (Å²) in [5.74, 6) is 0.764. The Labute approximate surface area is 647 Å². The van der Waals surface area contributed by atoms with E-state index in [0.29, 0.717) is 82.5 Å². The van der Waals surface area contributed by atoms with E-state index < -0.39 is 11.3 Å². The van der Waals surface area contributed by atoms with Crippen molar-refractivity contribution in [2.45, 2.75) is 122 Å². The Hall–Kier alpha value is -12.6. The van der Waals surface area contributed by atoms with Gasteiger partial charge in [-0.1, -0.05) is 92.1 Å². The predicted octanol–water partition coefficient (Wildman–Crippen LogP) is 20.0. The lowest BCUT2D eigenvalue weighted by Crippen LogP contribution is -2.25. The summed E-state index contributed by atoms with van der Waals surface area (Å²) in [6, 6.07) is 43.4. The van der Waals surface area contributed by atoms with Crippen molar-refractivity contribution >= 4 is 69.6 Å². The number of aromatic nitrogens is 11. The fraction of sp³-hybridized carbons (Fsp3) is 0.226. The van der Waals surface area contributed by atoms with Crippen molar-refractivity contribution in [3.8, 4) is 55.9 Å². The maximum Gasteiger partial charge on any atom is 0.257 e. The van der Waals surface area contributed by atoms with E-state index in [9.17, 15) is 0 Å². The van der Waals surface area contributed by atoms with E-state index in [1.165, 1.54) is 5.56 Å². The van der Waals surface area contributed by atoms with E-state index in [-0.39, 0.29) is 12.7 Å². The zero-order valence-electron chi connectivity index (χ0n) is 65.7. The fourth-order valence-corrected chi connectivity index (χ4v) is 16.0. The predicted molar refractivity (Wildman–Crippen MR) is 447 cm³/mol. The van der Waals surface area contributed by atoms with Gasteiger partial charge in [0.25, 0.3) is 11.8 Å². The molecule has 0 aliphatic carbocycles.